The van der Waals surface area contributed by atoms with Gasteiger partial charge in [0.2, 0.25) is 0 Å². The van der Waals surface area contributed by atoms with Gasteiger partial charge in [-0.1, -0.05) is 5.21 Å². The molecule has 0 aliphatic rings. The van der Waals surface area contributed by atoms with Crippen LogP contribution in [-0.4, -0.2) is 25.9 Å². The van der Waals surface area contributed by atoms with Crippen LogP contribution in [0.25, 0.3) is 16.9 Å². The van der Waals surface area contributed by atoms with E-state index in [0.29, 0.717) is 22.6 Å². The van der Waals surface area contributed by atoms with E-state index in [9.17, 15) is 13.6 Å². The van der Waals surface area contributed by atoms with Crippen LogP contribution in [-0.2, 0) is 0 Å². The van der Waals surface area contributed by atoms with Crippen molar-refractivity contribution in [3.63, 3.8) is 0 Å². The number of hydrogen-bond acceptors (Lipinski definition) is 4. The van der Waals surface area contributed by atoms with Gasteiger partial charge >= 0.3 is 0 Å². The van der Waals surface area contributed by atoms with E-state index in [1.165, 1.54) is 53.2 Å². The lowest BCUT2D eigenvalue weighted by Gasteiger charge is -2.09. The van der Waals surface area contributed by atoms with Gasteiger partial charge in [-0.25, -0.2) is 13.5 Å². The second kappa shape index (κ2) is 7.36. The fourth-order valence-electron chi connectivity index (χ4n) is 2.68. The molecular weight excluding hydrogens is 364 g/mol. The van der Waals surface area contributed by atoms with Gasteiger partial charge in [0.15, 0.2) is 5.69 Å². The molecule has 0 saturated heterocycles. The number of aromatic nitrogens is 4. The van der Waals surface area contributed by atoms with Gasteiger partial charge in [0, 0.05) is 23.6 Å². The molecule has 0 bridgehead atoms. The second-order valence-corrected chi connectivity index (χ2v) is 5.88. The molecule has 6 nitrogen and oxygen atoms in total. The number of rotatable bonds is 4. The van der Waals surface area contributed by atoms with Crippen LogP contribution in [0, 0.1) is 11.6 Å². The minimum absolute atomic E-state index is 0.0571. The molecule has 4 aromatic rings. The second-order valence-electron chi connectivity index (χ2n) is 5.88. The highest BCUT2D eigenvalue weighted by Gasteiger charge is 2.22. The first-order valence-electron chi connectivity index (χ1n) is 8.31. The molecule has 0 fully saturated rings. The number of anilines is 1. The van der Waals surface area contributed by atoms with Gasteiger partial charge < -0.3 is 5.32 Å². The third kappa shape index (κ3) is 3.48. The zero-order valence-electron chi connectivity index (χ0n) is 14.4. The van der Waals surface area contributed by atoms with Crippen molar-refractivity contribution in [2.24, 2.45) is 0 Å². The van der Waals surface area contributed by atoms with Crippen molar-refractivity contribution in [2.45, 2.75) is 0 Å². The maximum absolute atomic E-state index is 13.3. The number of amides is 1. The van der Waals surface area contributed by atoms with Crippen molar-refractivity contribution in [3.8, 4) is 16.9 Å². The molecule has 8 heteroatoms. The quantitative estimate of drug-likeness (QED) is 0.586. The van der Waals surface area contributed by atoms with Gasteiger partial charge in [-0.05, 0) is 60.7 Å². The summed E-state index contributed by atoms with van der Waals surface area (Å²) in [5.41, 5.74) is 2.02. The summed E-state index contributed by atoms with van der Waals surface area (Å²) in [6.45, 7) is 0. The van der Waals surface area contributed by atoms with E-state index in [1.54, 1.807) is 24.5 Å². The largest absolute Gasteiger partial charge is 0.321 e. The zero-order valence-corrected chi connectivity index (χ0v) is 14.4. The van der Waals surface area contributed by atoms with Gasteiger partial charge in [-0.3, -0.25) is 9.78 Å². The first-order valence-corrected chi connectivity index (χ1v) is 8.31. The molecule has 2 aromatic carbocycles. The van der Waals surface area contributed by atoms with Crippen molar-refractivity contribution in [1.29, 1.82) is 0 Å². The van der Waals surface area contributed by atoms with E-state index >= 15 is 0 Å². The fourth-order valence-corrected chi connectivity index (χ4v) is 2.68. The number of halogens is 2. The van der Waals surface area contributed by atoms with E-state index in [0.717, 1.165) is 0 Å². The highest BCUT2D eigenvalue weighted by molar-refractivity contribution is 6.06. The lowest BCUT2D eigenvalue weighted by atomic mass is 10.1. The number of carbonyl (C=O) groups is 1. The molecule has 2 heterocycles. The maximum atomic E-state index is 13.3. The van der Waals surface area contributed by atoms with Crippen molar-refractivity contribution >= 4 is 11.6 Å². The summed E-state index contributed by atoms with van der Waals surface area (Å²) in [5, 5.41) is 10.7. The standard InChI is InChI=1S/C20H13F2N5O/c21-14-3-7-16(8-4-14)24-20(28)18-19(13-2-1-11-23-12-13)27(26-25-18)17-9-5-15(22)6-10-17/h1-12H,(H,24,28). The highest BCUT2D eigenvalue weighted by Crippen LogP contribution is 2.25. The van der Waals surface area contributed by atoms with Gasteiger partial charge in [-0.15, -0.1) is 5.10 Å². The monoisotopic (exact) mass is 377 g/mol. The molecule has 0 atom stereocenters. The molecule has 0 unspecified atom stereocenters. The van der Waals surface area contributed by atoms with E-state index in [1.807, 2.05) is 0 Å². The average molecular weight is 377 g/mol. The molecular formula is C20H13F2N5O. The van der Waals surface area contributed by atoms with E-state index < -0.39 is 11.7 Å². The Kier molecular flexibility index (Phi) is 4.59. The molecule has 28 heavy (non-hydrogen) atoms. The summed E-state index contributed by atoms with van der Waals surface area (Å²) in [7, 11) is 0. The maximum Gasteiger partial charge on any atom is 0.278 e. The van der Waals surface area contributed by atoms with Crippen molar-refractivity contribution in [1.82, 2.24) is 20.0 Å². The Morgan fingerprint density at radius 3 is 2.25 bits per heavy atom. The van der Waals surface area contributed by atoms with Crippen molar-refractivity contribution in [2.75, 3.05) is 5.32 Å². The summed E-state index contributed by atoms with van der Waals surface area (Å²) < 4.78 is 27.8. The van der Waals surface area contributed by atoms with Gasteiger partial charge in [0.05, 0.1) is 5.69 Å². The Balaban J connectivity index is 1.77. The molecule has 0 saturated carbocycles. The number of benzene rings is 2. The fraction of sp³-hybridized carbons (Fsp3) is 0. The molecule has 0 spiro atoms. The average Bonchev–Trinajstić information content (AvgIpc) is 3.16. The number of nitrogens with one attached hydrogen (secondary N) is 1. The van der Waals surface area contributed by atoms with Crippen LogP contribution in [0.2, 0.25) is 0 Å². The number of hydrogen-bond donors (Lipinski definition) is 1. The lowest BCUT2D eigenvalue weighted by molar-refractivity contribution is 0.102. The van der Waals surface area contributed by atoms with Gasteiger partial charge in [0.1, 0.15) is 17.3 Å². The summed E-state index contributed by atoms with van der Waals surface area (Å²) in [6.07, 6.45) is 3.18. The van der Waals surface area contributed by atoms with Crippen molar-refractivity contribution in [3.05, 3.63) is 90.4 Å². The van der Waals surface area contributed by atoms with Gasteiger partial charge in [0.25, 0.3) is 5.91 Å². The Hall–Kier alpha value is -3.94. The van der Waals surface area contributed by atoms with Crippen LogP contribution in [0.1, 0.15) is 10.5 Å². The van der Waals surface area contributed by atoms with Crippen LogP contribution in [0.5, 0.6) is 0 Å². The SMILES string of the molecule is O=C(Nc1ccc(F)cc1)c1nnn(-c2ccc(F)cc2)c1-c1cccnc1. The van der Waals surface area contributed by atoms with Crippen LogP contribution in [0.4, 0.5) is 14.5 Å². The molecule has 1 amide bonds. The Labute approximate surface area is 158 Å². The van der Waals surface area contributed by atoms with Gasteiger partial charge in [-0.2, -0.15) is 0 Å². The topological polar surface area (TPSA) is 72.7 Å². The Morgan fingerprint density at radius 2 is 1.61 bits per heavy atom. The molecule has 0 aliphatic carbocycles. The lowest BCUT2D eigenvalue weighted by Crippen LogP contribution is -2.14. The molecule has 2 aromatic heterocycles. The first-order chi connectivity index (χ1) is 13.6. The summed E-state index contributed by atoms with van der Waals surface area (Å²) in [4.78, 5) is 16.9. The normalized spacial score (nSPS) is 10.6. The predicted molar refractivity (Wildman–Crippen MR) is 98.9 cm³/mol. The summed E-state index contributed by atoms with van der Waals surface area (Å²) in [5.74, 6) is -1.31. The minimum atomic E-state index is -0.515. The third-order valence-corrected chi connectivity index (χ3v) is 3.99. The number of nitrogens with zero attached hydrogens (tertiary/aromatic N) is 4. The molecule has 0 radical (unpaired) electrons. The van der Waals surface area contributed by atoms with E-state index in [4.69, 9.17) is 0 Å². The Morgan fingerprint density at radius 1 is 0.929 bits per heavy atom. The van der Waals surface area contributed by atoms with Crippen LogP contribution >= 0.6 is 0 Å². The predicted octanol–water partition coefficient (Wildman–Crippen LogP) is 3.86. The number of pyridine rings is 1. The molecule has 138 valence electrons. The first kappa shape index (κ1) is 17.5. The van der Waals surface area contributed by atoms with E-state index in [-0.39, 0.29) is 11.5 Å². The highest BCUT2D eigenvalue weighted by atomic mass is 19.1. The number of carbonyl (C=O) groups excluding carboxylic acids is 1. The minimum Gasteiger partial charge on any atom is -0.321 e. The van der Waals surface area contributed by atoms with Crippen LogP contribution < -0.4 is 5.32 Å². The van der Waals surface area contributed by atoms with Crippen LogP contribution in [0.15, 0.2) is 73.1 Å². The Bertz CT molecular complexity index is 1110. The molecule has 4 rings (SSSR count). The molecule has 0 aliphatic heterocycles. The smallest absolute Gasteiger partial charge is 0.278 e. The summed E-state index contributed by atoms with van der Waals surface area (Å²) >= 11 is 0. The van der Waals surface area contributed by atoms with Crippen LogP contribution in [0.3, 0.4) is 0 Å². The zero-order chi connectivity index (χ0) is 19.5. The van der Waals surface area contributed by atoms with Crippen molar-refractivity contribution < 1.29 is 13.6 Å². The molecule has 1 N–H and O–H groups in total. The third-order valence-electron chi connectivity index (χ3n) is 3.99. The van der Waals surface area contributed by atoms with E-state index in [2.05, 4.69) is 20.6 Å². The summed E-state index contributed by atoms with van der Waals surface area (Å²) in [6, 6.07) is 14.5.